The first-order valence-corrected chi connectivity index (χ1v) is 5.09. The van der Waals surface area contributed by atoms with Gasteiger partial charge >= 0.3 is 0 Å². The van der Waals surface area contributed by atoms with Crippen molar-refractivity contribution >= 4 is 5.78 Å². The summed E-state index contributed by atoms with van der Waals surface area (Å²) in [6.07, 6.45) is 1.42. The van der Waals surface area contributed by atoms with Crippen LogP contribution >= 0.6 is 0 Å². The van der Waals surface area contributed by atoms with E-state index < -0.39 is 0 Å². The first kappa shape index (κ1) is 12.3. The molecule has 0 radical (unpaired) electrons. The molecule has 0 unspecified atom stereocenters. The molecule has 0 spiro atoms. The van der Waals surface area contributed by atoms with Crippen molar-refractivity contribution in [3.63, 3.8) is 0 Å². The topological polar surface area (TPSA) is 63.6 Å². The fourth-order valence-electron chi connectivity index (χ4n) is 1.11. The molecule has 0 saturated heterocycles. The third-order valence-corrected chi connectivity index (χ3v) is 1.79. The lowest BCUT2D eigenvalue weighted by molar-refractivity contribution is 0.0978. The number of ketones is 1. The summed E-state index contributed by atoms with van der Waals surface area (Å²) in [5.74, 6) is 0.433. The lowest BCUT2D eigenvalue weighted by atomic mass is 10.2. The number of hydrogen-bond donors (Lipinski definition) is 1. The molecule has 2 rings (SSSR count). The Labute approximate surface area is 93.5 Å². The Morgan fingerprint density at radius 2 is 2.00 bits per heavy atom. The Morgan fingerprint density at radius 3 is 2.50 bits per heavy atom. The highest BCUT2D eigenvalue weighted by Gasteiger charge is 2.15. The van der Waals surface area contributed by atoms with Gasteiger partial charge in [-0.3, -0.25) is 4.79 Å². The summed E-state index contributed by atoms with van der Waals surface area (Å²) < 4.78 is 9.98. The molecule has 2 heterocycles. The van der Waals surface area contributed by atoms with E-state index in [1.807, 2.05) is 13.8 Å². The van der Waals surface area contributed by atoms with E-state index in [0.717, 1.165) is 0 Å². The molecule has 0 aliphatic carbocycles. The van der Waals surface area contributed by atoms with Crippen LogP contribution in [0.25, 0.3) is 0 Å². The first-order chi connectivity index (χ1) is 7.81. The summed E-state index contributed by atoms with van der Waals surface area (Å²) in [4.78, 5) is 11.6. The zero-order valence-electron chi connectivity index (χ0n) is 9.27. The van der Waals surface area contributed by atoms with Gasteiger partial charge in [-0.2, -0.15) is 0 Å². The molecular weight excluding hydrogens is 208 g/mol. The van der Waals surface area contributed by atoms with Crippen LogP contribution in [0.2, 0.25) is 0 Å². The average Bonchev–Trinajstić information content (AvgIpc) is 3.02. The van der Waals surface area contributed by atoms with E-state index in [0.29, 0.717) is 5.76 Å². The van der Waals surface area contributed by atoms with Crippen molar-refractivity contribution in [1.29, 1.82) is 0 Å². The van der Waals surface area contributed by atoms with Gasteiger partial charge in [0.15, 0.2) is 11.5 Å². The van der Waals surface area contributed by atoms with Gasteiger partial charge < -0.3 is 13.9 Å². The number of furan rings is 2. The monoisotopic (exact) mass is 222 g/mol. The summed E-state index contributed by atoms with van der Waals surface area (Å²) in [5, 5.41) is 8.73. The zero-order valence-corrected chi connectivity index (χ0v) is 9.27. The van der Waals surface area contributed by atoms with Gasteiger partial charge in [0, 0.05) is 0 Å². The quantitative estimate of drug-likeness (QED) is 0.811. The Kier molecular flexibility index (Phi) is 4.54. The summed E-state index contributed by atoms with van der Waals surface area (Å²) >= 11 is 0. The summed E-state index contributed by atoms with van der Waals surface area (Å²) in [5.41, 5.74) is 0. The van der Waals surface area contributed by atoms with Crippen LogP contribution in [0.5, 0.6) is 0 Å². The second-order valence-electron chi connectivity index (χ2n) is 2.73. The van der Waals surface area contributed by atoms with Crippen molar-refractivity contribution in [2.45, 2.75) is 20.5 Å². The molecular formula is C12H14O4. The molecule has 0 aliphatic heterocycles. The third-order valence-electron chi connectivity index (χ3n) is 1.79. The molecule has 1 N–H and O–H groups in total. The molecule has 0 aliphatic rings. The Bertz CT molecular complexity index is 426. The largest absolute Gasteiger partial charge is 0.461 e. The van der Waals surface area contributed by atoms with Crippen molar-refractivity contribution in [3.05, 3.63) is 47.8 Å². The van der Waals surface area contributed by atoms with Gasteiger partial charge in [-0.15, -0.1) is 0 Å². The molecule has 0 saturated carbocycles. The van der Waals surface area contributed by atoms with E-state index >= 15 is 0 Å². The normalized spacial score (nSPS) is 9.44. The van der Waals surface area contributed by atoms with E-state index in [9.17, 15) is 4.79 Å². The standard InChI is InChI=1S/C10H8O4.C2H6/c11-6-7-3-4-9(14-7)10(12)8-2-1-5-13-8;1-2/h1-5,11H,6H2;1-2H3. The minimum Gasteiger partial charge on any atom is -0.461 e. The van der Waals surface area contributed by atoms with Crippen LogP contribution in [-0.2, 0) is 6.61 Å². The van der Waals surface area contributed by atoms with E-state index in [4.69, 9.17) is 13.9 Å². The average molecular weight is 222 g/mol. The van der Waals surface area contributed by atoms with Crippen LogP contribution in [-0.4, -0.2) is 10.9 Å². The Morgan fingerprint density at radius 1 is 1.25 bits per heavy atom. The fraction of sp³-hybridized carbons (Fsp3) is 0.250. The minimum absolute atomic E-state index is 0.170. The zero-order chi connectivity index (χ0) is 12.0. The molecule has 4 nitrogen and oxygen atoms in total. The van der Waals surface area contributed by atoms with E-state index in [1.165, 1.54) is 12.3 Å². The van der Waals surface area contributed by atoms with Crippen molar-refractivity contribution in [3.8, 4) is 0 Å². The van der Waals surface area contributed by atoms with E-state index in [2.05, 4.69) is 0 Å². The molecule has 86 valence electrons. The maximum Gasteiger partial charge on any atom is 0.263 e. The van der Waals surface area contributed by atoms with Gasteiger partial charge in [0.2, 0.25) is 0 Å². The lowest BCUT2D eigenvalue weighted by Gasteiger charge is -1.91. The van der Waals surface area contributed by atoms with Gasteiger partial charge in [0.05, 0.1) is 6.26 Å². The van der Waals surface area contributed by atoms with Crippen LogP contribution < -0.4 is 0 Å². The molecule has 2 aromatic heterocycles. The SMILES string of the molecule is CC.O=C(c1ccco1)c1ccc(CO)o1. The molecule has 16 heavy (non-hydrogen) atoms. The Hall–Kier alpha value is -1.81. The third kappa shape index (κ3) is 2.61. The maximum absolute atomic E-state index is 11.6. The van der Waals surface area contributed by atoms with Gasteiger partial charge in [0.25, 0.3) is 5.78 Å². The first-order valence-electron chi connectivity index (χ1n) is 5.09. The fourth-order valence-corrected chi connectivity index (χ4v) is 1.11. The lowest BCUT2D eigenvalue weighted by Crippen LogP contribution is -1.96. The highest BCUT2D eigenvalue weighted by atomic mass is 16.4. The number of hydrogen-bond acceptors (Lipinski definition) is 4. The summed E-state index contributed by atoms with van der Waals surface area (Å²) in [7, 11) is 0. The van der Waals surface area contributed by atoms with Crippen molar-refractivity contribution in [1.82, 2.24) is 0 Å². The van der Waals surface area contributed by atoms with Crippen LogP contribution in [0.15, 0.2) is 39.4 Å². The molecule has 0 atom stereocenters. The molecule has 0 fully saturated rings. The second kappa shape index (κ2) is 5.92. The van der Waals surface area contributed by atoms with Crippen LogP contribution in [0, 0.1) is 0 Å². The molecule has 4 heteroatoms. The van der Waals surface area contributed by atoms with Crippen LogP contribution in [0.4, 0.5) is 0 Å². The maximum atomic E-state index is 11.6. The molecule has 0 aromatic carbocycles. The highest BCUT2D eigenvalue weighted by Crippen LogP contribution is 2.13. The van der Waals surface area contributed by atoms with Crippen molar-refractivity contribution in [2.75, 3.05) is 0 Å². The molecule has 0 amide bonds. The second-order valence-corrected chi connectivity index (χ2v) is 2.73. The molecule has 0 bridgehead atoms. The van der Waals surface area contributed by atoms with E-state index in [1.54, 1.807) is 18.2 Å². The van der Waals surface area contributed by atoms with Gasteiger partial charge in [0.1, 0.15) is 12.4 Å². The van der Waals surface area contributed by atoms with Gasteiger partial charge in [-0.25, -0.2) is 0 Å². The highest BCUT2D eigenvalue weighted by molar-refractivity contribution is 6.05. The predicted octanol–water partition coefficient (Wildman–Crippen LogP) is 2.62. The van der Waals surface area contributed by atoms with Crippen molar-refractivity contribution < 1.29 is 18.7 Å². The number of aliphatic hydroxyl groups excluding tert-OH is 1. The number of carbonyl (C=O) groups excluding carboxylic acids is 1. The van der Waals surface area contributed by atoms with Gasteiger partial charge in [-0.05, 0) is 24.3 Å². The summed E-state index contributed by atoms with van der Waals surface area (Å²) in [6.45, 7) is 3.78. The van der Waals surface area contributed by atoms with E-state index in [-0.39, 0.29) is 23.9 Å². The summed E-state index contributed by atoms with van der Waals surface area (Å²) in [6, 6.07) is 6.25. The van der Waals surface area contributed by atoms with Crippen LogP contribution in [0.3, 0.4) is 0 Å². The minimum atomic E-state index is -0.324. The number of rotatable bonds is 3. The molecule has 2 aromatic rings. The smallest absolute Gasteiger partial charge is 0.263 e. The van der Waals surface area contributed by atoms with Crippen molar-refractivity contribution in [2.24, 2.45) is 0 Å². The number of carbonyl (C=O) groups is 1. The predicted molar refractivity (Wildman–Crippen MR) is 58.1 cm³/mol. The number of aliphatic hydroxyl groups is 1. The Balaban J connectivity index is 0.000000606. The van der Waals surface area contributed by atoms with Crippen LogP contribution in [0.1, 0.15) is 35.9 Å². The van der Waals surface area contributed by atoms with Gasteiger partial charge in [-0.1, -0.05) is 13.8 Å².